The van der Waals surface area contributed by atoms with Crippen LogP contribution in [0.15, 0.2) is 47.6 Å². The summed E-state index contributed by atoms with van der Waals surface area (Å²) in [6.45, 7) is 0. The molecule has 2 aromatic rings. The highest BCUT2D eigenvalue weighted by Gasteiger charge is 2.30. The van der Waals surface area contributed by atoms with Crippen LogP contribution in [0.3, 0.4) is 0 Å². The second-order valence-corrected chi connectivity index (χ2v) is 4.56. The van der Waals surface area contributed by atoms with Gasteiger partial charge in [0.2, 0.25) is 0 Å². The van der Waals surface area contributed by atoms with Crippen molar-refractivity contribution in [2.75, 3.05) is 5.43 Å². The maximum absolute atomic E-state index is 12.6. The summed E-state index contributed by atoms with van der Waals surface area (Å²) in [5.74, 6) is 0.112. The van der Waals surface area contributed by atoms with Gasteiger partial charge in [0.1, 0.15) is 5.75 Å². The maximum atomic E-state index is 12.6. The van der Waals surface area contributed by atoms with Gasteiger partial charge in [-0.15, -0.1) is 0 Å². The molecular weight excluding hydrogens is 305 g/mol. The fourth-order valence-electron chi connectivity index (χ4n) is 1.52. The Balaban J connectivity index is 2.14. The first-order chi connectivity index (χ1) is 9.86. The molecular formula is C14H10ClF3N2O. The molecule has 0 bridgehead atoms. The molecule has 0 unspecified atom stereocenters. The molecule has 0 aliphatic rings. The average molecular weight is 315 g/mol. The van der Waals surface area contributed by atoms with Crippen molar-refractivity contribution in [3.8, 4) is 5.75 Å². The summed E-state index contributed by atoms with van der Waals surface area (Å²) in [6.07, 6.45) is -3.04. The minimum absolute atomic E-state index is 0.0570. The molecule has 2 rings (SSSR count). The lowest BCUT2D eigenvalue weighted by Gasteiger charge is -2.09. The first kappa shape index (κ1) is 15.2. The number of alkyl halides is 3. The van der Waals surface area contributed by atoms with Gasteiger partial charge in [0, 0.05) is 0 Å². The largest absolute Gasteiger partial charge is 0.508 e. The van der Waals surface area contributed by atoms with E-state index in [1.165, 1.54) is 18.3 Å². The molecule has 0 aliphatic carbocycles. The van der Waals surface area contributed by atoms with E-state index in [4.69, 9.17) is 16.7 Å². The van der Waals surface area contributed by atoms with Gasteiger partial charge in [-0.2, -0.15) is 18.3 Å². The number of hydrazone groups is 1. The Kier molecular flexibility index (Phi) is 4.37. The van der Waals surface area contributed by atoms with Crippen LogP contribution in [0.1, 0.15) is 11.1 Å². The molecule has 21 heavy (non-hydrogen) atoms. The van der Waals surface area contributed by atoms with E-state index in [0.717, 1.165) is 18.2 Å². The van der Waals surface area contributed by atoms with Gasteiger partial charge in [-0.25, -0.2) is 0 Å². The van der Waals surface area contributed by atoms with E-state index in [9.17, 15) is 13.2 Å². The summed E-state index contributed by atoms with van der Waals surface area (Å²) in [7, 11) is 0. The van der Waals surface area contributed by atoms with Gasteiger partial charge >= 0.3 is 6.18 Å². The minimum atomic E-state index is -4.44. The molecule has 7 heteroatoms. The Morgan fingerprint density at radius 1 is 1.10 bits per heavy atom. The minimum Gasteiger partial charge on any atom is -0.508 e. The molecule has 0 amide bonds. The first-order valence-corrected chi connectivity index (χ1v) is 6.19. The van der Waals surface area contributed by atoms with E-state index in [1.54, 1.807) is 12.1 Å². The molecule has 0 aromatic heterocycles. The molecule has 0 radical (unpaired) electrons. The molecule has 0 atom stereocenters. The number of rotatable bonds is 3. The number of hydrogen-bond donors (Lipinski definition) is 2. The standard InChI is InChI=1S/C14H10ClF3N2O/c15-12-6-3-10(14(16,17)18)7-13(12)20-19-8-9-1-4-11(21)5-2-9/h1-8,20-21H/b19-8+. The highest BCUT2D eigenvalue weighted by atomic mass is 35.5. The van der Waals surface area contributed by atoms with Crippen LogP contribution >= 0.6 is 11.6 Å². The summed E-state index contributed by atoms with van der Waals surface area (Å²) < 4.78 is 37.8. The van der Waals surface area contributed by atoms with Crippen molar-refractivity contribution in [3.05, 3.63) is 58.6 Å². The van der Waals surface area contributed by atoms with Crippen LogP contribution in [0.5, 0.6) is 5.75 Å². The Morgan fingerprint density at radius 2 is 1.76 bits per heavy atom. The van der Waals surface area contributed by atoms with Gasteiger partial charge < -0.3 is 5.11 Å². The van der Waals surface area contributed by atoms with Crippen molar-refractivity contribution in [2.24, 2.45) is 5.10 Å². The van der Waals surface area contributed by atoms with Crippen molar-refractivity contribution in [3.63, 3.8) is 0 Å². The molecule has 0 saturated heterocycles. The van der Waals surface area contributed by atoms with Crippen LogP contribution in [0, 0.1) is 0 Å². The Hall–Kier alpha value is -2.21. The van der Waals surface area contributed by atoms with Gasteiger partial charge in [0.05, 0.1) is 22.5 Å². The van der Waals surface area contributed by atoms with E-state index >= 15 is 0 Å². The number of nitrogens with zero attached hydrogens (tertiary/aromatic N) is 1. The number of hydrogen-bond acceptors (Lipinski definition) is 3. The van der Waals surface area contributed by atoms with Crippen LogP contribution < -0.4 is 5.43 Å². The molecule has 0 spiro atoms. The molecule has 0 fully saturated rings. The van der Waals surface area contributed by atoms with Gasteiger partial charge in [0.15, 0.2) is 0 Å². The molecule has 0 saturated carbocycles. The average Bonchev–Trinajstić information content (AvgIpc) is 2.42. The fraction of sp³-hybridized carbons (Fsp3) is 0.0714. The monoisotopic (exact) mass is 314 g/mol. The first-order valence-electron chi connectivity index (χ1n) is 5.81. The zero-order valence-electron chi connectivity index (χ0n) is 10.5. The summed E-state index contributed by atoms with van der Waals surface area (Å²) >= 11 is 5.81. The van der Waals surface area contributed by atoms with Crippen LogP contribution in [-0.4, -0.2) is 11.3 Å². The SMILES string of the molecule is Oc1ccc(/C=N/Nc2cc(C(F)(F)F)ccc2Cl)cc1. The number of halogens is 4. The predicted molar refractivity (Wildman–Crippen MR) is 75.8 cm³/mol. The van der Waals surface area contributed by atoms with Crippen molar-refractivity contribution in [1.29, 1.82) is 0 Å². The zero-order chi connectivity index (χ0) is 15.5. The molecule has 2 aromatic carbocycles. The summed E-state index contributed by atoms with van der Waals surface area (Å²) in [4.78, 5) is 0. The van der Waals surface area contributed by atoms with Crippen LogP contribution in [0.2, 0.25) is 5.02 Å². The normalized spacial score (nSPS) is 11.8. The van der Waals surface area contributed by atoms with Crippen molar-refractivity contribution in [1.82, 2.24) is 0 Å². The van der Waals surface area contributed by atoms with E-state index < -0.39 is 11.7 Å². The molecule has 2 N–H and O–H groups in total. The van der Waals surface area contributed by atoms with Gasteiger partial charge in [-0.3, -0.25) is 5.43 Å². The zero-order valence-corrected chi connectivity index (χ0v) is 11.3. The Labute approximate surface area is 123 Å². The number of phenolic OH excluding ortho intramolecular Hbond substituents is 1. The van der Waals surface area contributed by atoms with Crippen LogP contribution in [0.4, 0.5) is 18.9 Å². The lowest BCUT2D eigenvalue weighted by molar-refractivity contribution is -0.137. The maximum Gasteiger partial charge on any atom is 0.416 e. The predicted octanol–water partition coefficient (Wildman–Crippen LogP) is 4.51. The molecule has 3 nitrogen and oxygen atoms in total. The molecule has 0 aliphatic heterocycles. The van der Waals surface area contributed by atoms with E-state index in [2.05, 4.69) is 10.5 Å². The third-order valence-electron chi connectivity index (χ3n) is 2.59. The lowest BCUT2D eigenvalue weighted by atomic mass is 10.2. The smallest absolute Gasteiger partial charge is 0.416 e. The molecule has 0 heterocycles. The molecule has 110 valence electrons. The lowest BCUT2D eigenvalue weighted by Crippen LogP contribution is -2.05. The number of benzene rings is 2. The fourth-order valence-corrected chi connectivity index (χ4v) is 1.68. The van der Waals surface area contributed by atoms with Crippen LogP contribution in [-0.2, 0) is 6.18 Å². The van der Waals surface area contributed by atoms with Gasteiger partial charge in [-0.1, -0.05) is 11.6 Å². The second kappa shape index (κ2) is 6.05. The highest BCUT2D eigenvalue weighted by Crippen LogP contribution is 2.33. The number of anilines is 1. The van der Waals surface area contributed by atoms with E-state index in [0.29, 0.717) is 5.56 Å². The van der Waals surface area contributed by atoms with Crippen LogP contribution in [0.25, 0.3) is 0 Å². The van der Waals surface area contributed by atoms with E-state index in [1.807, 2.05) is 0 Å². The Morgan fingerprint density at radius 3 is 2.38 bits per heavy atom. The topological polar surface area (TPSA) is 44.6 Å². The van der Waals surface area contributed by atoms with E-state index in [-0.39, 0.29) is 16.5 Å². The highest BCUT2D eigenvalue weighted by molar-refractivity contribution is 6.33. The summed E-state index contributed by atoms with van der Waals surface area (Å²) in [5.41, 5.74) is 2.38. The summed E-state index contributed by atoms with van der Waals surface area (Å²) in [6, 6.07) is 9.09. The third kappa shape index (κ3) is 4.13. The van der Waals surface area contributed by atoms with Crippen molar-refractivity contribution < 1.29 is 18.3 Å². The van der Waals surface area contributed by atoms with Gasteiger partial charge in [0.25, 0.3) is 0 Å². The van der Waals surface area contributed by atoms with Gasteiger partial charge in [-0.05, 0) is 48.0 Å². The van der Waals surface area contributed by atoms with Crippen molar-refractivity contribution in [2.45, 2.75) is 6.18 Å². The quantitative estimate of drug-likeness (QED) is 0.646. The summed E-state index contributed by atoms with van der Waals surface area (Å²) in [5, 5.41) is 13.1. The van der Waals surface area contributed by atoms with Crippen molar-refractivity contribution >= 4 is 23.5 Å². The Bertz CT molecular complexity index is 654. The number of nitrogens with one attached hydrogen (secondary N) is 1. The number of aromatic hydroxyl groups is 1. The number of phenols is 1. The second-order valence-electron chi connectivity index (χ2n) is 4.15. The third-order valence-corrected chi connectivity index (χ3v) is 2.91.